The Hall–Kier alpha value is -0.620. The summed E-state index contributed by atoms with van der Waals surface area (Å²) >= 11 is 4.34. The van der Waals surface area contributed by atoms with Gasteiger partial charge in [0, 0.05) is 21.5 Å². The minimum atomic E-state index is -0.386. The van der Waals surface area contributed by atoms with Gasteiger partial charge in [0.25, 0.3) is 0 Å². The lowest BCUT2D eigenvalue weighted by Gasteiger charge is -1.95. The molecule has 0 fully saturated rings. The highest BCUT2D eigenvalue weighted by molar-refractivity contribution is 9.10. The van der Waals surface area contributed by atoms with Crippen LogP contribution in [0.25, 0.3) is 0 Å². The average molecular weight is 251 g/mol. The molecular formula is C6H7BrN2O2S. The predicted octanol–water partition coefficient (Wildman–Crippen LogP) is 2.04. The Morgan fingerprint density at radius 1 is 1.92 bits per heavy atom. The van der Waals surface area contributed by atoms with Crippen molar-refractivity contribution >= 4 is 38.6 Å². The first-order chi connectivity index (χ1) is 5.77. The van der Waals surface area contributed by atoms with Crippen molar-refractivity contribution in [2.75, 3.05) is 10.9 Å². The lowest BCUT2D eigenvalue weighted by atomic mass is 10.5. The molecule has 0 aliphatic rings. The maximum atomic E-state index is 11.1. The second-order valence-corrected chi connectivity index (χ2v) is 3.11. The van der Waals surface area contributed by atoms with E-state index in [9.17, 15) is 4.79 Å². The Morgan fingerprint density at radius 2 is 2.67 bits per heavy atom. The summed E-state index contributed by atoms with van der Waals surface area (Å²) in [5, 5.41) is 2.28. The van der Waals surface area contributed by atoms with E-state index in [-0.39, 0.29) is 5.97 Å². The summed E-state index contributed by atoms with van der Waals surface area (Å²) in [6, 6.07) is 0. The fourth-order valence-corrected chi connectivity index (χ4v) is 1.55. The van der Waals surface area contributed by atoms with Crippen LogP contribution in [0.15, 0.2) is 5.38 Å². The van der Waals surface area contributed by atoms with E-state index in [0.29, 0.717) is 17.4 Å². The summed E-state index contributed by atoms with van der Waals surface area (Å²) in [7, 11) is 0. The number of hydrogen-bond donors (Lipinski definition) is 1. The number of nitrogens with one attached hydrogen (secondary N) is 1. The van der Waals surface area contributed by atoms with E-state index in [0.717, 1.165) is 0 Å². The number of carbonyl (C=O) groups excluding carboxylic acids is 1. The number of anilines is 1. The largest absolute Gasteiger partial charge is 0.461 e. The molecule has 0 radical (unpaired) electrons. The molecule has 66 valence electrons. The molecule has 0 atom stereocenters. The summed E-state index contributed by atoms with van der Waals surface area (Å²) in [4.78, 5) is 15.0. The van der Waals surface area contributed by atoms with Gasteiger partial charge in [0.05, 0.1) is 6.61 Å². The van der Waals surface area contributed by atoms with Crippen molar-refractivity contribution in [3.63, 3.8) is 0 Å². The van der Waals surface area contributed by atoms with Crippen molar-refractivity contribution < 1.29 is 9.53 Å². The number of rotatable bonds is 3. The van der Waals surface area contributed by atoms with Gasteiger partial charge in [-0.25, -0.2) is 9.78 Å². The van der Waals surface area contributed by atoms with Gasteiger partial charge in [-0.1, -0.05) is 0 Å². The fraction of sp³-hybridized carbons (Fsp3) is 0.333. The van der Waals surface area contributed by atoms with E-state index < -0.39 is 0 Å². The smallest absolute Gasteiger partial charge is 0.357 e. The second-order valence-electron chi connectivity index (χ2n) is 1.85. The Kier molecular flexibility index (Phi) is 3.48. The molecule has 1 rings (SSSR count). The first-order valence-electron chi connectivity index (χ1n) is 3.27. The van der Waals surface area contributed by atoms with Gasteiger partial charge < -0.3 is 4.74 Å². The van der Waals surface area contributed by atoms with Crippen LogP contribution in [0.1, 0.15) is 17.4 Å². The Labute approximate surface area is 82.3 Å². The molecule has 0 aromatic carbocycles. The first kappa shape index (κ1) is 9.47. The lowest BCUT2D eigenvalue weighted by molar-refractivity contribution is 0.0520. The van der Waals surface area contributed by atoms with Crippen LogP contribution in [0.3, 0.4) is 0 Å². The van der Waals surface area contributed by atoms with Crippen molar-refractivity contribution in [2.24, 2.45) is 0 Å². The first-order valence-corrected chi connectivity index (χ1v) is 4.94. The molecular weight excluding hydrogens is 244 g/mol. The highest BCUT2D eigenvalue weighted by Gasteiger charge is 2.10. The predicted molar refractivity (Wildman–Crippen MR) is 50.6 cm³/mol. The highest BCUT2D eigenvalue weighted by atomic mass is 79.9. The third-order valence-electron chi connectivity index (χ3n) is 1.07. The zero-order valence-corrected chi connectivity index (χ0v) is 8.74. The molecule has 1 aromatic rings. The molecule has 0 spiro atoms. The molecule has 1 N–H and O–H groups in total. The molecule has 12 heavy (non-hydrogen) atoms. The zero-order valence-electron chi connectivity index (χ0n) is 6.33. The number of aromatic nitrogens is 1. The number of ether oxygens (including phenoxy) is 1. The number of esters is 1. The van der Waals surface area contributed by atoms with Crippen LogP contribution in [0.2, 0.25) is 0 Å². The SMILES string of the molecule is CCOC(=O)c1csc(NBr)n1. The molecule has 4 nitrogen and oxygen atoms in total. The van der Waals surface area contributed by atoms with Crippen molar-refractivity contribution in [1.82, 2.24) is 4.98 Å². The van der Waals surface area contributed by atoms with E-state index in [2.05, 4.69) is 25.5 Å². The van der Waals surface area contributed by atoms with Gasteiger partial charge >= 0.3 is 5.97 Å². The molecule has 0 saturated carbocycles. The van der Waals surface area contributed by atoms with Crippen LogP contribution in [0.5, 0.6) is 0 Å². The van der Waals surface area contributed by atoms with Gasteiger partial charge in [-0.3, -0.25) is 4.34 Å². The van der Waals surface area contributed by atoms with Crippen LogP contribution in [0.4, 0.5) is 5.13 Å². The van der Waals surface area contributed by atoms with Gasteiger partial charge in [0.15, 0.2) is 10.8 Å². The number of thiazole rings is 1. The quantitative estimate of drug-likeness (QED) is 0.659. The van der Waals surface area contributed by atoms with Crippen LogP contribution in [0, 0.1) is 0 Å². The summed E-state index contributed by atoms with van der Waals surface area (Å²) in [6.07, 6.45) is 0. The Bertz CT molecular complexity index is 276. The van der Waals surface area contributed by atoms with E-state index in [1.807, 2.05) is 0 Å². The topological polar surface area (TPSA) is 51.2 Å². The number of halogens is 1. The Morgan fingerprint density at radius 3 is 3.17 bits per heavy atom. The molecule has 0 bridgehead atoms. The molecule has 0 aliphatic carbocycles. The Balaban J connectivity index is 2.68. The van der Waals surface area contributed by atoms with Gasteiger partial charge in [0.2, 0.25) is 0 Å². The van der Waals surface area contributed by atoms with Gasteiger partial charge in [0.1, 0.15) is 0 Å². The molecule has 1 aromatic heterocycles. The van der Waals surface area contributed by atoms with Crippen LogP contribution in [-0.4, -0.2) is 17.6 Å². The minimum Gasteiger partial charge on any atom is -0.461 e. The minimum absolute atomic E-state index is 0.337. The summed E-state index contributed by atoms with van der Waals surface area (Å²) in [5.41, 5.74) is 0.337. The number of hydrogen-bond acceptors (Lipinski definition) is 5. The van der Waals surface area contributed by atoms with E-state index in [4.69, 9.17) is 4.74 Å². The molecule has 0 aliphatic heterocycles. The van der Waals surface area contributed by atoms with Gasteiger partial charge in [-0.2, -0.15) is 0 Å². The third kappa shape index (κ3) is 2.18. The van der Waals surface area contributed by atoms with Crippen molar-refractivity contribution in [3.8, 4) is 0 Å². The monoisotopic (exact) mass is 250 g/mol. The van der Waals surface area contributed by atoms with Gasteiger partial charge in [-0.15, -0.1) is 11.3 Å². The standard InChI is InChI=1S/C6H7BrN2O2S/c1-2-11-5(10)4-3-12-6(8-4)9-7/h3H,2H2,1H3,(H,8,9). The summed E-state index contributed by atoms with van der Waals surface area (Å²) < 4.78 is 7.40. The van der Waals surface area contributed by atoms with Gasteiger partial charge in [-0.05, 0) is 6.92 Å². The van der Waals surface area contributed by atoms with E-state index in [1.165, 1.54) is 11.3 Å². The zero-order chi connectivity index (χ0) is 8.97. The van der Waals surface area contributed by atoms with Crippen molar-refractivity contribution in [3.05, 3.63) is 11.1 Å². The maximum absolute atomic E-state index is 11.1. The van der Waals surface area contributed by atoms with Crippen molar-refractivity contribution in [2.45, 2.75) is 6.92 Å². The van der Waals surface area contributed by atoms with E-state index in [1.54, 1.807) is 12.3 Å². The maximum Gasteiger partial charge on any atom is 0.357 e. The molecule has 0 unspecified atom stereocenters. The number of nitrogens with zero attached hydrogens (tertiary/aromatic N) is 1. The molecule has 1 heterocycles. The molecule has 0 amide bonds. The fourth-order valence-electron chi connectivity index (χ4n) is 0.616. The number of carbonyl (C=O) groups is 1. The van der Waals surface area contributed by atoms with E-state index >= 15 is 0 Å². The summed E-state index contributed by atoms with van der Waals surface area (Å²) in [6.45, 7) is 2.13. The van der Waals surface area contributed by atoms with Crippen molar-refractivity contribution in [1.29, 1.82) is 0 Å². The van der Waals surface area contributed by atoms with Crippen LogP contribution >= 0.6 is 27.5 Å². The molecule has 0 saturated heterocycles. The second kappa shape index (κ2) is 4.42. The average Bonchev–Trinajstić information content (AvgIpc) is 2.52. The summed E-state index contributed by atoms with van der Waals surface area (Å²) in [5.74, 6) is -0.386. The third-order valence-corrected chi connectivity index (χ3v) is 2.47. The highest BCUT2D eigenvalue weighted by Crippen LogP contribution is 2.16. The van der Waals surface area contributed by atoms with Crippen LogP contribution in [-0.2, 0) is 4.74 Å². The lowest BCUT2D eigenvalue weighted by Crippen LogP contribution is -2.04. The molecule has 6 heteroatoms. The normalized spacial score (nSPS) is 9.50. The van der Waals surface area contributed by atoms with Crippen LogP contribution < -0.4 is 4.34 Å².